The lowest BCUT2D eigenvalue weighted by molar-refractivity contribution is -0.113. The average Bonchev–Trinajstić information content (AvgIpc) is 2.25. The number of allylic oxidation sites excluding steroid dienone is 4. The second kappa shape index (κ2) is 3.87. The van der Waals surface area contributed by atoms with Crippen LogP contribution in [0.5, 0.6) is 0 Å². The van der Waals surface area contributed by atoms with Crippen LogP contribution in [0.2, 0.25) is 0 Å². The van der Waals surface area contributed by atoms with E-state index in [1.54, 1.807) is 12.1 Å². The fraction of sp³-hybridized carbons (Fsp3) is 0. The van der Waals surface area contributed by atoms with Crippen LogP contribution in [0.15, 0.2) is 47.4 Å². The van der Waals surface area contributed by atoms with Crippen molar-refractivity contribution in [1.29, 1.82) is 0 Å². The lowest BCUT2D eigenvalue weighted by Crippen LogP contribution is -2.09. The van der Waals surface area contributed by atoms with Crippen molar-refractivity contribution in [3.63, 3.8) is 0 Å². The molecule has 0 unspecified atom stereocenters. The molecule has 74 valence electrons. The Bertz CT molecular complexity index is 484. The highest BCUT2D eigenvalue weighted by molar-refractivity contribution is 7.85. The van der Waals surface area contributed by atoms with Gasteiger partial charge in [0.05, 0.1) is 4.91 Å². The third-order valence-electron chi connectivity index (χ3n) is 2.15. The molecule has 0 saturated heterocycles. The van der Waals surface area contributed by atoms with E-state index in [2.05, 4.69) is 12.6 Å². The first-order valence-electron chi connectivity index (χ1n) is 4.45. The first kappa shape index (κ1) is 9.93. The summed E-state index contributed by atoms with van der Waals surface area (Å²) >= 11 is 3.91. The van der Waals surface area contributed by atoms with Gasteiger partial charge in [-0.15, -0.1) is 12.6 Å². The van der Waals surface area contributed by atoms with Gasteiger partial charge in [-0.2, -0.15) is 0 Å². The maximum atomic E-state index is 11.6. The van der Waals surface area contributed by atoms with Crippen molar-refractivity contribution in [2.24, 2.45) is 0 Å². The third-order valence-corrected chi connectivity index (χ3v) is 2.50. The number of hydrogen-bond donors (Lipinski definition) is 1. The van der Waals surface area contributed by atoms with E-state index >= 15 is 0 Å². The van der Waals surface area contributed by atoms with Gasteiger partial charge in [0.2, 0.25) is 0 Å². The van der Waals surface area contributed by atoms with E-state index in [0.29, 0.717) is 5.57 Å². The second-order valence-electron chi connectivity index (χ2n) is 3.18. The van der Waals surface area contributed by atoms with Crippen LogP contribution in [-0.2, 0) is 9.59 Å². The molecule has 0 saturated carbocycles. The molecule has 3 heteroatoms. The number of rotatable bonds is 1. The Morgan fingerprint density at radius 3 is 2.20 bits per heavy atom. The summed E-state index contributed by atoms with van der Waals surface area (Å²) in [5, 5.41) is 0. The average molecular weight is 216 g/mol. The zero-order chi connectivity index (χ0) is 10.8. The molecule has 0 atom stereocenters. The monoisotopic (exact) mass is 216 g/mol. The minimum Gasteiger partial charge on any atom is -0.289 e. The SMILES string of the molecule is O=C1C=C(c2ccccc2)C(=O)C=C1S. The van der Waals surface area contributed by atoms with Crippen molar-refractivity contribution in [3.8, 4) is 0 Å². The van der Waals surface area contributed by atoms with Gasteiger partial charge in [0, 0.05) is 11.6 Å². The number of hydrogen-bond acceptors (Lipinski definition) is 3. The number of carbonyl (C=O) groups excluding carboxylic acids is 2. The van der Waals surface area contributed by atoms with Crippen LogP contribution in [0.1, 0.15) is 5.56 Å². The molecule has 0 N–H and O–H groups in total. The molecule has 1 aliphatic rings. The summed E-state index contributed by atoms with van der Waals surface area (Å²) in [5.74, 6) is -0.400. The molecular weight excluding hydrogens is 208 g/mol. The summed E-state index contributed by atoms with van der Waals surface area (Å²) in [6, 6.07) is 9.11. The zero-order valence-corrected chi connectivity index (χ0v) is 8.70. The predicted octanol–water partition coefficient (Wildman–Crippen LogP) is 2.04. The van der Waals surface area contributed by atoms with E-state index in [9.17, 15) is 9.59 Å². The van der Waals surface area contributed by atoms with Gasteiger partial charge < -0.3 is 0 Å². The summed E-state index contributed by atoms with van der Waals surface area (Å²) < 4.78 is 0. The van der Waals surface area contributed by atoms with Gasteiger partial charge in [0.1, 0.15) is 0 Å². The van der Waals surface area contributed by atoms with E-state index in [-0.39, 0.29) is 16.5 Å². The Kier molecular flexibility index (Phi) is 2.56. The fourth-order valence-electron chi connectivity index (χ4n) is 1.39. The highest BCUT2D eigenvalue weighted by Crippen LogP contribution is 2.22. The van der Waals surface area contributed by atoms with E-state index in [1.807, 2.05) is 18.2 Å². The molecule has 0 amide bonds. The number of thiol groups is 1. The largest absolute Gasteiger partial charge is 0.289 e. The normalized spacial score (nSPS) is 16.1. The lowest BCUT2D eigenvalue weighted by atomic mass is 9.96. The van der Waals surface area contributed by atoms with Crippen LogP contribution < -0.4 is 0 Å². The number of ketones is 2. The van der Waals surface area contributed by atoms with Gasteiger partial charge in [-0.1, -0.05) is 30.3 Å². The topological polar surface area (TPSA) is 34.1 Å². The second-order valence-corrected chi connectivity index (χ2v) is 3.66. The predicted molar refractivity (Wildman–Crippen MR) is 61.5 cm³/mol. The van der Waals surface area contributed by atoms with E-state index in [0.717, 1.165) is 5.56 Å². The Balaban J connectivity index is 2.45. The van der Waals surface area contributed by atoms with Crippen LogP contribution in [0, 0.1) is 0 Å². The van der Waals surface area contributed by atoms with E-state index in [1.165, 1.54) is 12.2 Å². The molecule has 0 radical (unpaired) electrons. The summed E-state index contributed by atoms with van der Waals surface area (Å²) in [6.07, 6.45) is 2.59. The Morgan fingerprint density at radius 1 is 0.867 bits per heavy atom. The molecule has 0 aromatic heterocycles. The molecule has 0 bridgehead atoms. The van der Waals surface area contributed by atoms with Crippen molar-refractivity contribution in [2.75, 3.05) is 0 Å². The minimum atomic E-state index is -0.225. The molecule has 0 fully saturated rings. The Hall–Kier alpha value is -1.61. The Labute approximate surface area is 92.7 Å². The smallest absolute Gasteiger partial charge is 0.192 e. The summed E-state index contributed by atoms with van der Waals surface area (Å²) in [5.41, 5.74) is 1.19. The molecule has 1 aromatic carbocycles. The highest BCUT2D eigenvalue weighted by Gasteiger charge is 2.18. The minimum absolute atomic E-state index is 0.175. The summed E-state index contributed by atoms with van der Waals surface area (Å²) in [6.45, 7) is 0. The lowest BCUT2D eigenvalue weighted by Gasteiger charge is -2.08. The summed E-state index contributed by atoms with van der Waals surface area (Å²) in [7, 11) is 0. The molecule has 0 spiro atoms. The standard InChI is InChI=1S/C12H8O2S/c13-10-7-12(15)11(14)6-9(10)8-4-2-1-3-5-8/h1-7,15H. The maximum Gasteiger partial charge on any atom is 0.192 e. The van der Waals surface area contributed by atoms with Crippen LogP contribution in [0.3, 0.4) is 0 Å². The van der Waals surface area contributed by atoms with Crippen LogP contribution >= 0.6 is 12.6 Å². The molecule has 0 aliphatic heterocycles. The van der Waals surface area contributed by atoms with Crippen LogP contribution in [-0.4, -0.2) is 11.6 Å². The van der Waals surface area contributed by atoms with Crippen LogP contribution in [0.4, 0.5) is 0 Å². The Morgan fingerprint density at radius 2 is 1.53 bits per heavy atom. The molecule has 1 aliphatic carbocycles. The van der Waals surface area contributed by atoms with Crippen molar-refractivity contribution in [3.05, 3.63) is 53.0 Å². The van der Waals surface area contributed by atoms with Crippen molar-refractivity contribution < 1.29 is 9.59 Å². The maximum absolute atomic E-state index is 11.6. The molecular formula is C12H8O2S. The zero-order valence-electron chi connectivity index (χ0n) is 7.81. The first-order chi connectivity index (χ1) is 7.18. The first-order valence-corrected chi connectivity index (χ1v) is 4.89. The quantitative estimate of drug-likeness (QED) is 0.575. The molecule has 15 heavy (non-hydrogen) atoms. The van der Waals surface area contributed by atoms with Gasteiger partial charge in [0.25, 0.3) is 0 Å². The van der Waals surface area contributed by atoms with E-state index in [4.69, 9.17) is 0 Å². The highest BCUT2D eigenvalue weighted by atomic mass is 32.1. The van der Waals surface area contributed by atoms with Gasteiger partial charge in [-0.25, -0.2) is 0 Å². The van der Waals surface area contributed by atoms with Gasteiger partial charge in [-0.3, -0.25) is 9.59 Å². The molecule has 2 rings (SSSR count). The molecule has 0 heterocycles. The molecule has 1 aromatic rings. The number of benzene rings is 1. The van der Waals surface area contributed by atoms with Crippen molar-refractivity contribution >= 4 is 29.8 Å². The van der Waals surface area contributed by atoms with Gasteiger partial charge >= 0.3 is 0 Å². The summed E-state index contributed by atoms with van der Waals surface area (Å²) in [4.78, 5) is 23.1. The van der Waals surface area contributed by atoms with Crippen LogP contribution in [0.25, 0.3) is 5.57 Å². The fourth-order valence-corrected chi connectivity index (χ4v) is 1.57. The van der Waals surface area contributed by atoms with Crippen molar-refractivity contribution in [1.82, 2.24) is 0 Å². The van der Waals surface area contributed by atoms with Crippen molar-refractivity contribution in [2.45, 2.75) is 0 Å². The van der Waals surface area contributed by atoms with Gasteiger partial charge in [-0.05, 0) is 11.6 Å². The molecule has 2 nitrogen and oxygen atoms in total. The number of carbonyl (C=O) groups is 2. The van der Waals surface area contributed by atoms with Gasteiger partial charge in [0.15, 0.2) is 11.6 Å². The third kappa shape index (κ3) is 1.92. The van der Waals surface area contributed by atoms with E-state index < -0.39 is 0 Å².